The minimum Gasteiger partial charge on any atom is -0.478 e. The van der Waals surface area contributed by atoms with Gasteiger partial charge in [-0.2, -0.15) is 0 Å². The smallest absolute Gasteiger partial charge is 0.328 e. The Labute approximate surface area is 107 Å². The van der Waals surface area contributed by atoms with Crippen molar-refractivity contribution in [3.8, 4) is 0 Å². The van der Waals surface area contributed by atoms with E-state index in [2.05, 4.69) is 30.3 Å². The van der Waals surface area contributed by atoms with Crippen molar-refractivity contribution in [2.24, 2.45) is 0 Å². The second-order valence-electron chi connectivity index (χ2n) is 4.12. The Bertz CT molecular complexity index is 453. The number of aliphatic carboxylic acids is 1. The number of nitrogens with zero attached hydrogens (tertiary/aromatic N) is 2. The molecule has 1 heterocycles. The summed E-state index contributed by atoms with van der Waals surface area (Å²) in [6.45, 7) is 8.52. The van der Waals surface area contributed by atoms with E-state index in [1.165, 1.54) is 0 Å². The summed E-state index contributed by atoms with van der Waals surface area (Å²) < 4.78 is 0. The molecule has 1 rings (SSSR count). The van der Waals surface area contributed by atoms with Crippen LogP contribution in [0.15, 0.2) is 37.1 Å². The third kappa shape index (κ3) is 3.73. The number of pyridine rings is 1. The highest BCUT2D eigenvalue weighted by atomic mass is 16.4. The molecule has 0 aromatic carbocycles. The molecule has 1 aromatic rings. The van der Waals surface area contributed by atoms with E-state index in [-0.39, 0.29) is 6.04 Å². The van der Waals surface area contributed by atoms with Gasteiger partial charge in [-0.1, -0.05) is 6.08 Å². The zero-order valence-electron chi connectivity index (χ0n) is 10.7. The molecule has 0 spiro atoms. The van der Waals surface area contributed by atoms with Gasteiger partial charge in [0.05, 0.1) is 0 Å². The maximum absolute atomic E-state index is 10.6. The molecule has 18 heavy (non-hydrogen) atoms. The van der Waals surface area contributed by atoms with Gasteiger partial charge in [-0.3, -0.25) is 0 Å². The molecule has 4 nitrogen and oxygen atoms in total. The van der Waals surface area contributed by atoms with Crippen LogP contribution in [-0.2, 0) is 4.79 Å². The Morgan fingerprint density at radius 3 is 2.89 bits per heavy atom. The summed E-state index contributed by atoms with van der Waals surface area (Å²) in [6, 6.07) is 3.90. The van der Waals surface area contributed by atoms with Crippen molar-refractivity contribution < 1.29 is 9.90 Å². The van der Waals surface area contributed by atoms with Crippen LogP contribution in [0.5, 0.6) is 0 Å². The lowest BCUT2D eigenvalue weighted by atomic mass is 10.2. The first-order valence-electron chi connectivity index (χ1n) is 5.79. The quantitative estimate of drug-likeness (QED) is 0.619. The highest BCUT2D eigenvalue weighted by Crippen LogP contribution is 2.20. The minimum atomic E-state index is -0.968. The van der Waals surface area contributed by atoms with Gasteiger partial charge < -0.3 is 10.0 Å². The molecular weight excluding hydrogens is 228 g/mol. The number of carboxylic acids is 1. The number of rotatable bonds is 6. The first-order chi connectivity index (χ1) is 8.56. The van der Waals surface area contributed by atoms with Crippen LogP contribution < -0.4 is 4.90 Å². The summed E-state index contributed by atoms with van der Waals surface area (Å²) >= 11 is 0. The van der Waals surface area contributed by atoms with Crippen molar-refractivity contribution in [2.45, 2.75) is 19.9 Å². The third-order valence-electron chi connectivity index (χ3n) is 2.44. The van der Waals surface area contributed by atoms with Crippen LogP contribution in [-0.4, -0.2) is 28.6 Å². The topological polar surface area (TPSA) is 53.4 Å². The van der Waals surface area contributed by atoms with Crippen molar-refractivity contribution in [3.05, 3.63) is 42.6 Å². The molecular formula is C14H18N2O2. The number of hydrogen-bond acceptors (Lipinski definition) is 3. The second kappa shape index (κ2) is 6.59. The van der Waals surface area contributed by atoms with Crippen LogP contribution in [0.4, 0.5) is 5.82 Å². The van der Waals surface area contributed by atoms with Crippen molar-refractivity contribution >= 4 is 17.9 Å². The molecule has 0 atom stereocenters. The van der Waals surface area contributed by atoms with E-state index in [0.29, 0.717) is 6.54 Å². The molecule has 4 heteroatoms. The van der Waals surface area contributed by atoms with Gasteiger partial charge in [0.1, 0.15) is 5.82 Å². The zero-order chi connectivity index (χ0) is 13.5. The second-order valence-corrected chi connectivity index (χ2v) is 4.12. The molecule has 0 radical (unpaired) electrons. The Kier molecular flexibility index (Phi) is 5.11. The van der Waals surface area contributed by atoms with E-state index in [1.54, 1.807) is 24.4 Å². The van der Waals surface area contributed by atoms with Crippen LogP contribution in [0.3, 0.4) is 0 Å². The van der Waals surface area contributed by atoms with Gasteiger partial charge in [0.15, 0.2) is 0 Å². The average molecular weight is 246 g/mol. The van der Waals surface area contributed by atoms with Crippen LogP contribution in [0.2, 0.25) is 0 Å². The van der Waals surface area contributed by atoms with Crippen molar-refractivity contribution in [1.82, 2.24) is 4.98 Å². The highest BCUT2D eigenvalue weighted by molar-refractivity contribution is 5.86. The Morgan fingerprint density at radius 1 is 1.61 bits per heavy atom. The predicted molar refractivity (Wildman–Crippen MR) is 73.6 cm³/mol. The predicted octanol–water partition coefficient (Wildman–Crippen LogP) is 2.58. The fourth-order valence-corrected chi connectivity index (χ4v) is 1.62. The van der Waals surface area contributed by atoms with Gasteiger partial charge in [0, 0.05) is 30.4 Å². The van der Waals surface area contributed by atoms with Gasteiger partial charge in [-0.05, 0) is 32.1 Å². The first-order valence-corrected chi connectivity index (χ1v) is 5.79. The highest BCUT2D eigenvalue weighted by Gasteiger charge is 2.13. The van der Waals surface area contributed by atoms with Gasteiger partial charge in [0.25, 0.3) is 0 Å². The number of anilines is 1. The van der Waals surface area contributed by atoms with Crippen molar-refractivity contribution in [2.75, 3.05) is 11.4 Å². The molecule has 0 aliphatic carbocycles. The van der Waals surface area contributed by atoms with Gasteiger partial charge in [0.2, 0.25) is 0 Å². The van der Waals surface area contributed by atoms with Crippen molar-refractivity contribution in [1.29, 1.82) is 0 Å². The lowest BCUT2D eigenvalue weighted by molar-refractivity contribution is -0.131. The van der Waals surface area contributed by atoms with Crippen LogP contribution in [0.1, 0.15) is 19.4 Å². The molecule has 0 aliphatic rings. The molecule has 1 N–H and O–H groups in total. The summed E-state index contributed by atoms with van der Waals surface area (Å²) in [4.78, 5) is 17.0. The molecule has 96 valence electrons. The van der Waals surface area contributed by atoms with E-state index < -0.39 is 5.97 Å². The van der Waals surface area contributed by atoms with Gasteiger partial charge in [-0.15, -0.1) is 6.58 Å². The fraction of sp³-hybridized carbons (Fsp3) is 0.286. The minimum absolute atomic E-state index is 0.259. The maximum atomic E-state index is 10.6. The number of hydrogen-bond donors (Lipinski definition) is 1. The lowest BCUT2D eigenvalue weighted by Crippen LogP contribution is -2.32. The van der Waals surface area contributed by atoms with Gasteiger partial charge >= 0.3 is 5.97 Å². The van der Waals surface area contributed by atoms with Crippen LogP contribution in [0, 0.1) is 0 Å². The molecule has 0 bridgehead atoms. The zero-order valence-corrected chi connectivity index (χ0v) is 10.7. The molecule has 0 fully saturated rings. The normalized spacial score (nSPS) is 10.8. The Morgan fingerprint density at radius 2 is 2.33 bits per heavy atom. The largest absolute Gasteiger partial charge is 0.478 e. The monoisotopic (exact) mass is 246 g/mol. The van der Waals surface area contributed by atoms with E-state index in [4.69, 9.17) is 5.11 Å². The molecule has 0 unspecified atom stereocenters. The Balaban J connectivity index is 3.13. The van der Waals surface area contributed by atoms with E-state index >= 15 is 0 Å². The summed E-state index contributed by atoms with van der Waals surface area (Å²) in [7, 11) is 0. The van der Waals surface area contributed by atoms with Gasteiger partial charge in [-0.25, -0.2) is 9.78 Å². The standard InChI is InChI=1S/C14H18N2O2/c1-4-10-16(11(2)3)14-12(6-5-9-15-14)7-8-13(17)18/h4-9,11H,1,10H2,2-3H3,(H,17,18)/b8-7+. The molecule has 0 saturated heterocycles. The third-order valence-corrected chi connectivity index (χ3v) is 2.44. The summed E-state index contributed by atoms with van der Waals surface area (Å²) in [5.41, 5.74) is 0.787. The van der Waals surface area contributed by atoms with E-state index in [0.717, 1.165) is 17.5 Å². The van der Waals surface area contributed by atoms with Crippen LogP contribution >= 0.6 is 0 Å². The SMILES string of the molecule is C=CCN(c1ncccc1/C=C/C(=O)O)C(C)C. The first kappa shape index (κ1) is 14.0. The Hall–Kier alpha value is -2.10. The average Bonchev–Trinajstić information content (AvgIpc) is 2.33. The number of carbonyl (C=O) groups is 1. The van der Waals surface area contributed by atoms with Crippen molar-refractivity contribution in [3.63, 3.8) is 0 Å². The van der Waals surface area contributed by atoms with Crippen LogP contribution in [0.25, 0.3) is 6.08 Å². The molecule has 0 amide bonds. The summed E-state index contributed by atoms with van der Waals surface area (Å²) in [6.07, 6.45) is 6.18. The number of carboxylic acid groups (broad SMARTS) is 1. The molecule has 0 aliphatic heterocycles. The summed E-state index contributed by atoms with van der Waals surface area (Å²) in [5, 5.41) is 8.68. The van der Waals surface area contributed by atoms with E-state index in [1.807, 2.05) is 6.07 Å². The fourth-order valence-electron chi connectivity index (χ4n) is 1.62. The lowest BCUT2D eigenvalue weighted by Gasteiger charge is -2.27. The summed E-state index contributed by atoms with van der Waals surface area (Å²) in [5.74, 6) is -0.200. The van der Waals surface area contributed by atoms with E-state index in [9.17, 15) is 4.79 Å². The molecule has 1 aromatic heterocycles. The maximum Gasteiger partial charge on any atom is 0.328 e. The molecule has 0 saturated carbocycles. The number of aromatic nitrogens is 1.